The molecule has 0 aliphatic carbocycles. The van der Waals surface area contributed by atoms with E-state index >= 15 is 0 Å². The smallest absolute Gasteiger partial charge is 0.0541 e. The molecule has 0 amide bonds. The van der Waals surface area contributed by atoms with Crippen molar-refractivity contribution in [3.63, 3.8) is 0 Å². The molecule has 0 aliphatic heterocycles. The number of thiophene rings is 1. The molecule has 70 heavy (non-hydrogen) atoms. The van der Waals surface area contributed by atoms with Crippen molar-refractivity contribution in [2.24, 2.45) is 0 Å². The Bertz CT molecular complexity index is 4300. The Morgan fingerprint density at radius 1 is 0.243 bits per heavy atom. The Balaban J connectivity index is 0.905. The highest BCUT2D eigenvalue weighted by Gasteiger charge is 2.20. The van der Waals surface area contributed by atoms with E-state index in [0.717, 1.165) is 5.69 Å². The van der Waals surface area contributed by atoms with Gasteiger partial charge in [0.05, 0.1) is 11.0 Å². The first kappa shape index (κ1) is 40.3. The minimum absolute atomic E-state index is 1.14. The van der Waals surface area contributed by atoms with Crippen LogP contribution in [0.2, 0.25) is 0 Å². The summed E-state index contributed by atoms with van der Waals surface area (Å²) < 4.78 is 5.05. The lowest BCUT2D eigenvalue weighted by Gasteiger charge is -2.19. The topological polar surface area (TPSA) is 4.93 Å². The molecule has 0 radical (unpaired) electrons. The van der Waals surface area contributed by atoms with Crippen molar-refractivity contribution in [1.82, 2.24) is 4.57 Å². The van der Waals surface area contributed by atoms with Crippen molar-refractivity contribution in [1.29, 1.82) is 0 Å². The van der Waals surface area contributed by atoms with Crippen molar-refractivity contribution >= 4 is 74.9 Å². The van der Waals surface area contributed by atoms with Gasteiger partial charge in [-0.2, -0.15) is 0 Å². The van der Waals surface area contributed by atoms with E-state index in [1.165, 1.54) is 130 Å². The van der Waals surface area contributed by atoms with Gasteiger partial charge in [-0.15, -0.1) is 11.3 Å². The first-order valence-electron chi connectivity index (χ1n) is 24.1. The van der Waals surface area contributed by atoms with E-state index in [4.69, 9.17) is 0 Å². The summed E-state index contributed by atoms with van der Waals surface area (Å²) in [5, 5.41) is 10.1. The van der Waals surface area contributed by atoms with Crippen LogP contribution in [0.1, 0.15) is 0 Å². The molecule has 0 unspecified atom stereocenters. The second kappa shape index (κ2) is 16.5. The molecule has 0 saturated carbocycles. The van der Waals surface area contributed by atoms with Gasteiger partial charge in [0.1, 0.15) is 0 Å². The molecule has 0 N–H and O–H groups in total. The monoisotopic (exact) mass is 905 g/mol. The molecule has 0 atom stereocenters. The first-order chi connectivity index (χ1) is 34.7. The molecule has 12 aromatic carbocycles. The zero-order chi connectivity index (χ0) is 46.1. The molecule has 2 heteroatoms. The maximum absolute atomic E-state index is 2.44. The van der Waals surface area contributed by atoms with E-state index in [2.05, 4.69) is 265 Å². The lowest BCUT2D eigenvalue weighted by molar-refractivity contribution is 1.18. The molecular formula is C68H43NS. The van der Waals surface area contributed by atoms with Crippen LogP contribution in [0.4, 0.5) is 0 Å². The van der Waals surface area contributed by atoms with Gasteiger partial charge in [-0.3, -0.25) is 0 Å². The van der Waals surface area contributed by atoms with Crippen LogP contribution in [0.5, 0.6) is 0 Å². The fourth-order valence-corrected chi connectivity index (χ4v) is 12.3. The molecule has 326 valence electrons. The molecule has 0 bridgehead atoms. The Kier molecular flexibility index (Phi) is 9.46. The van der Waals surface area contributed by atoms with Gasteiger partial charge in [0.25, 0.3) is 0 Å². The Morgan fingerprint density at radius 2 is 0.686 bits per heavy atom. The molecule has 0 spiro atoms. The summed E-state index contributed by atoms with van der Waals surface area (Å²) in [6, 6.07) is 96.2. The molecule has 2 heterocycles. The van der Waals surface area contributed by atoms with Gasteiger partial charge >= 0.3 is 0 Å². The van der Waals surface area contributed by atoms with Crippen molar-refractivity contribution in [3.8, 4) is 72.4 Å². The zero-order valence-corrected chi connectivity index (χ0v) is 39.0. The molecule has 14 rings (SSSR count). The van der Waals surface area contributed by atoms with Crippen LogP contribution in [-0.2, 0) is 0 Å². The van der Waals surface area contributed by atoms with E-state index in [-0.39, 0.29) is 0 Å². The molecule has 0 aliphatic rings. The number of nitrogens with zero attached hydrogens (tertiary/aromatic N) is 1. The van der Waals surface area contributed by atoms with Crippen molar-refractivity contribution in [2.75, 3.05) is 0 Å². The van der Waals surface area contributed by atoms with Gasteiger partial charge in [0, 0.05) is 42.2 Å². The minimum Gasteiger partial charge on any atom is -0.309 e. The molecule has 2 aromatic heterocycles. The van der Waals surface area contributed by atoms with Gasteiger partial charge in [-0.25, -0.2) is 0 Å². The van der Waals surface area contributed by atoms with Gasteiger partial charge in [0.15, 0.2) is 0 Å². The zero-order valence-electron chi connectivity index (χ0n) is 38.2. The largest absolute Gasteiger partial charge is 0.309 e. The molecule has 1 nitrogen and oxygen atoms in total. The van der Waals surface area contributed by atoms with Gasteiger partial charge in [-0.05, 0) is 143 Å². The highest BCUT2D eigenvalue weighted by atomic mass is 32.1. The first-order valence-corrected chi connectivity index (χ1v) is 24.9. The summed E-state index contributed by atoms with van der Waals surface area (Å²) in [6.07, 6.45) is 0. The van der Waals surface area contributed by atoms with Crippen LogP contribution >= 0.6 is 11.3 Å². The number of fused-ring (bicyclic) bond motifs is 8. The average Bonchev–Trinajstić information content (AvgIpc) is 3.98. The van der Waals surface area contributed by atoms with Crippen molar-refractivity contribution < 1.29 is 0 Å². The number of hydrogen-bond donors (Lipinski definition) is 0. The Labute approximate surface area is 410 Å². The lowest BCUT2D eigenvalue weighted by Crippen LogP contribution is -1.94. The second-order valence-electron chi connectivity index (χ2n) is 18.4. The fourth-order valence-electron chi connectivity index (χ4n) is 11.1. The van der Waals surface area contributed by atoms with Crippen LogP contribution in [0.3, 0.4) is 0 Å². The summed E-state index contributed by atoms with van der Waals surface area (Å²) in [4.78, 5) is 0. The number of rotatable bonds is 7. The van der Waals surface area contributed by atoms with Crippen LogP contribution in [0.25, 0.3) is 136 Å². The maximum atomic E-state index is 2.44. The van der Waals surface area contributed by atoms with Gasteiger partial charge in [0.2, 0.25) is 0 Å². The molecule has 0 saturated heterocycles. The molecule has 0 fully saturated rings. The summed E-state index contributed by atoms with van der Waals surface area (Å²) in [6.45, 7) is 0. The summed E-state index contributed by atoms with van der Waals surface area (Å²) in [5.41, 5.74) is 18.3. The Hall–Kier alpha value is -8.82. The quantitative estimate of drug-likeness (QED) is 0.140. The van der Waals surface area contributed by atoms with E-state index < -0.39 is 0 Å². The van der Waals surface area contributed by atoms with Gasteiger partial charge < -0.3 is 4.57 Å². The number of hydrogen-bond acceptors (Lipinski definition) is 1. The number of benzene rings is 12. The third kappa shape index (κ3) is 6.60. The van der Waals surface area contributed by atoms with Crippen LogP contribution < -0.4 is 0 Å². The predicted octanol–water partition coefficient (Wildman–Crippen LogP) is 19.5. The highest BCUT2D eigenvalue weighted by Crippen LogP contribution is 2.47. The normalized spacial score (nSPS) is 11.7. The second-order valence-corrected chi connectivity index (χ2v) is 19.4. The summed E-state index contributed by atoms with van der Waals surface area (Å²) in [5.74, 6) is 0. The highest BCUT2D eigenvalue weighted by molar-refractivity contribution is 7.26. The van der Waals surface area contributed by atoms with Crippen LogP contribution in [-0.4, -0.2) is 4.57 Å². The minimum atomic E-state index is 1.14. The molecular weight excluding hydrogens is 863 g/mol. The third-order valence-corrected chi connectivity index (χ3v) is 15.6. The van der Waals surface area contributed by atoms with E-state index in [1.54, 1.807) is 0 Å². The summed E-state index contributed by atoms with van der Waals surface area (Å²) >= 11 is 1.90. The summed E-state index contributed by atoms with van der Waals surface area (Å²) in [7, 11) is 0. The van der Waals surface area contributed by atoms with E-state index in [9.17, 15) is 0 Å². The maximum Gasteiger partial charge on any atom is 0.0541 e. The Morgan fingerprint density at radius 3 is 1.34 bits per heavy atom. The fraction of sp³-hybridized carbons (Fsp3) is 0. The standard InChI is InChI=1S/C68H43NS/c1-5-17-44(18-6-1)50-33-38-65-60(39-50)62-43-52(45-19-7-2-8-20-45)42-58(68(62)70-65)51-32-37-64-59(41-51)54-25-15-16-28-63(54)69(64)53-34-29-46(30-35-53)49-31-36-57-61(40-49)67(48-23-11-4-12-24-48)56-27-14-13-26-55(56)66(57)47-21-9-3-10-22-47/h1-43H. The van der Waals surface area contributed by atoms with Crippen LogP contribution in [0, 0.1) is 0 Å². The van der Waals surface area contributed by atoms with Gasteiger partial charge in [-0.1, -0.05) is 200 Å². The number of para-hydroxylation sites is 1. The van der Waals surface area contributed by atoms with E-state index in [1.807, 2.05) is 11.3 Å². The SMILES string of the molecule is c1ccc(-c2ccc3sc4c(-c5ccc6c(c5)c5ccccc5n6-c5ccc(-c6ccc7c(-c8ccccc8)c8ccccc8c(-c8ccccc8)c7c6)cc5)cc(-c5ccccc5)cc4c3c2)cc1. The van der Waals surface area contributed by atoms with Crippen molar-refractivity contribution in [2.45, 2.75) is 0 Å². The lowest BCUT2D eigenvalue weighted by atomic mass is 9.85. The third-order valence-electron chi connectivity index (χ3n) is 14.4. The van der Waals surface area contributed by atoms with Crippen molar-refractivity contribution in [3.05, 3.63) is 261 Å². The number of aromatic nitrogens is 1. The van der Waals surface area contributed by atoms with Crippen LogP contribution in [0.15, 0.2) is 261 Å². The predicted molar refractivity (Wildman–Crippen MR) is 301 cm³/mol. The van der Waals surface area contributed by atoms with E-state index in [0.29, 0.717) is 0 Å². The average molecular weight is 906 g/mol. The molecule has 14 aromatic rings.